The van der Waals surface area contributed by atoms with Crippen LogP contribution >= 0.6 is 0 Å². The number of hydrogen-bond donors (Lipinski definition) is 1. The van der Waals surface area contributed by atoms with Crippen LogP contribution in [-0.2, 0) is 6.42 Å². The summed E-state index contributed by atoms with van der Waals surface area (Å²) in [6.45, 7) is 1.14. The first-order valence-electron chi connectivity index (χ1n) is 7.91. The number of hydrogen-bond acceptors (Lipinski definition) is 3. The van der Waals surface area contributed by atoms with Gasteiger partial charge in [-0.05, 0) is 43.7 Å². The van der Waals surface area contributed by atoms with Gasteiger partial charge in [-0.25, -0.2) is 0 Å². The van der Waals surface area contributed by atoms with Crippen LogP contribution in [0.3, 0.4) is 0 Å². The maximum Gasteiger partial charge on any atom is 0.122 e. The van der Waals surface area contributed by atoms with Gasteiger partial charge in [0.1, 0.15) is 5.75 Å². The number of piperidine rings is 2. The fourth-order valence-corrected chi connectivity index (χ4v) is 4.04. The van der Waals surface area contributed by atoms with E-state index in [0.717, 1.165) is 18.7 Å². The summed E-state index contributed by atoms with van der Waals surface area (Å²) in [5.74, 6) is 1.02. The average Bonchev–Trinajstić information content (AvgIpc) is 2.45. The molecule has 110 valence electrons. The van der Waals surface area contributed by atoms with E-state index in [1.807, 2.05) is 6.07 Å². The Bertz CT molecular complexity index is 434. The molecule has 0 aromatic heterocycles. The highest BCUT2D eigenvalue weighted by Gasteiger charge is 2.36. The quantitative estimate of drug-likeness (QED) is 0.917. The Morgan fingerprint density at radius 1 is 1.20 bits per heavy atom. The van der Waals surface area contributed by atoms with Gasteiger partial charge in [0.05, 0.1) is 7.11 Å². The molecule has 3 nitrogen and oxygen atoms in total. The summed E-state index contributed by atoms with van der Waals surface area (Å²) < 4.78 is 5.46. The first-order valence-corrected chi connectivity index (χ1v) is 7.91. The first kappa shape index (κ1) is 13.9. The second-order valence-corrected chi connectivity index (χ2v) is 6.27. The molecule has 1 aromatic rings. The summed E-state index contributed by atoms with van der Waals surface area (Å²) in [6.07, 6.45) is 7.48. The SMILES string of the molecule is COc1ccccc1CCN1C2CCCC1CC(N)C2. The third-order valence-electron chi connectivity index (χ3n) is 4.99. The van der Waals surface area contributed by atoms with Crippen molar-refractivity contribution >= 4 is 0 Å². The Morgan fingerprint density at radius 2 is 1.90 bits per heavy atom. The molecule has 0 radical (unpaired) electrons. The standard InChI is InChI=1S/C17H26N2O/c1-20-17-8-3-2-5-13(17)9-10-19-15-6-4-7-16(19)12-14(18)11-15/h2-3,5,8,14-16H,4,6-7,9-12,18H2,1H3. The number of rotatable bonds is 4. The molecule has 20 heavy (non-hydrogen) atoms. The highest BCUT2D eigenvalue weighted by atomic mass is 16.5. The minimum absolute atomic E-state index is 0.424. The van der Waals surface area contributed by atoms with E-state index in [4.69, 9.17) is 10.5 Å². The smallest absolute Gasteiger partial charge is 0.122 e. The second kappa shape index (κ2) is 6.15. The molecule has 0 amide bonds. The van der Waals surface area contributed by atoms with E-state index in [2.05, 4.69) is 23.1 Å². The van der Waals surface area contributed by atoms with E-state index in [9.17, 15) is 0 Å². The fourth-order valence-electron chi connectivity index (χ4n) is 4.04. The van der Waals surface area contributed by atoms with Gasteiger partial charge in [-0.15, -0.1) is 0 Å². The van der Waals surface area contributed by atoms with Crippen molar-refractivity contribution in [2.24, 2.45) is 5.73 Å². The monoisotopic (exact) mass is 274 g/mol. The summed E-state index contributed by atoms with van der Waals surface area (Å²) in [5.41, 5.74) is 7.52. The van der Waals surface area contributed by atoms with Crippen molar-refractivity contribution in [2.45, 2.75) is 56.7 Å². The molecule has 2 aliphatic heterocycles. The lowest BCUT2D eigenvalue weighted by Crippen LogP contribution is -2.55. The molecule has 3 rings (SSSR count). The van der Waals surface area contributed by atoms with Crippen molar-refractivity contribution < 1.29 is 4.74 Å². The predicted octanol–water partition coefficient (Wildman–Crippen LogP) is 2.58. The molecule has 0 aliphatic carbocycles. The molecular weight excluding hydrogens is 248 g/mol. The second-order valence-electron chi connectivity index (χ2n) is 6.27. The summed E-state index contributed by atoms with van der Waals surface area (Å²) in [7, 11) is 1.76. The molecule has 2 unspecified atom stereocenters. The molecule has 2 N–H and O–H groups in total. The number of nitrogens with zero attached hydrogens (tertiary/aromatic N) is 1. The number of methoxy groups -OCH3 is 1. The Balaban J connectivity index is 1.66. The van der Waals surface area contributed by atoms with Crippen molar-refractivity contribution in [1.82, 2.24) is 4.90 Å². The van der Waals surface area contributed by atoms with E-state index < -0.39 is 0 Å². The van der Waals surface area contributed by atoms with E-state index >= 15 is 0 Å². The summed E-state index contributed by atoms with van der Waals surface area (Å²) in [4.78, 5) is 2.72. The lowest BCUT2D eigenvalue weighted by atomic mass is 9.82. The number of benzene rings is 1. The molecule has 2 saturated heterocycles. The average molecular weight is 274 g/mol. The van der Waals surface area contributed by atoms with Crippen LogP contribution in [0.25, 0.3) is 0 Å². The van der Waals surface area contributed by atoms with Gasteiger partial charge in [0.2, 0.25) is 0 Å². The predicted molar refractivity (Wildman–Crippen MR) is 82.0 cm³/mol. The van der Waals surface area contributed by atoms with Crippen LogP contribution in [0.2, 0.25) is 0 Å². The van der Waals surface area contributed by atoms with Gasteiger partial charge in [-0.1, -0.05) is 24.6 Å². The molecule has 2 fully saturated rings. The van der Waals surface area contributed by atoms with Gasteiger partial charge in [-0.2, -0.15) is 0 Å². The van der Waals surface area contributed by atoms with Crippen LogP contribution < -0.4 is 10.5 Å². The Kier molecular flexibility index (Phi) is 4.27. The zero-order chi connectivity index (χ0) is 13.9. The maximum absolute atomic E-state index is 6.19. The van der Waals surface area contributed by atoms with Gasteiger partial charge >= 0.3 is 0 Å². The highest BCUT2D eigenvalue weighted by molar-refractivity contribution is 5.33. The van der Waals surface area contributed by atoms with Gasteiger partial charge in [-0.3, -0.25) is 4.90 Å². The Hall–Kier alpha value is -1.06. The van der Waals surface area contributed by atoms with Crippen LogP contribution in [0.5, 0.6) is 5.75 Å². The number of ether oxygens (including phenoxy) is 1. The van der Waals surface area contributed by atoms with Gasteiger partial charge in [0.15, 0.2) is 0 Å². The van der Waals surface area contributed by atoms with Crippen molar-refractivity contribution in [3.8, 4) is 5.75 Å². The van der Waals surface area contributed by atoms with Crippen molar-refractivity contribution in [3.05, 3.63) is 29.8 Å². The molecular formula is C17H26N2O. The van der Waals surface area contributed by atoms with E-state index in [-0.39, 0.29) is 0 Å². The fraction of sp³-hybridized carbons (Fsp3) is 0.647. The number of nitrogens with two attached hydrogens (primary N) is 1. The van der Waals surface area contributed by atoms with Crippen LogP contribution in [0.15, 0.2) is 24.3 Å². The van der Waals surface area contributed by atoms with Crippen LogP contribution in [0, 0.1) is 0 Å². The van der Waals surface area contributed by atoms with E-state index in [1.54, 1.807) is 7.11 Å². The Morgan fingerprint density at radius 3 is 2.60 bits per heavy atom. The van der Waals surface area contributed by atoms with Crippen LogP contribution in [0.1, 0.15) is 37.7 Å². The van der Waals surface area contributed by atoms with Gasteiger partial charge in [0, 0.05) is 24.7 Å². The zero-order valence-corrected chi connectivity index (χ0v) is 12.4. The molecule has 1 aromatic carbocycles. The number of fused-ring (bicyclic) bond motifs is 2. The van der Waals surface area contributed by atoms with Crippen molar-refractivity contribution in [2.75, 3.05) is 13.7 Å². The van der Waals surface area contributed by atoms with Gasteiger partial charge in [0.25, 0.3) is 0 Å². The van der Waals surface area contributed by atoms with Crippen LogP contribution in [0.4, 0.5) is 0 Å². The molecule has 0 saturated carbocycles. The third-order valence-corrected chi connectivity index (χ3v) is 4.99. The highest BCUT2D eigenvalue weighted by Crippen LogP contribution is 2.33. The topological polar surface area (TPSA) is 38.5 Å². The van der Waals surface area contributed by atoms with Crippen molar-refractivity contribution in [1.29, 1.82) is 0 Å². The molecule has 0 spiro atoms. The third kappa shape index (κ3) is 2.84. The van der Waals surface area contributed by atoms with Crippen LogP contribution in [-0.4, -0.2) is 36.7 Å². The largest absolute Gasteiger partial charge is 0.496 e. The van der Waals surface area contributed by atoms with Gasteiger partial charge < -0.3 is 10.5 Å². The lowest BCUT2D eigenvalue weighted by molar-refractivity contribution is 0.0326. The Labute approximate surface area is 122 Å². The summed E-state index contributed by atoms with van der Waals surface area (Å²) >= 11 is 0. The van der Waals surface area contributed by atoms with E-state index in [0.29, 0.717) is 18.1 Å². The lowest BCUT2D eigenvalue weighted by Gasteiger charge is -2.48. The molecule has 2 aliphatic rings. The summed E-state index contributed by atoms with van der Waals surface area (Å²) in [5, 5.41) is 0. The molecule has 3 heteroatoms. The minimum Gasteiger partial charge on any atom is -0.496 e. The molecule has 2 heterocycles. The zero-order valence-electron chi connectivity index (χ0n) is 12.4. The maximum atomic E-state index is 6.19. The van der Waals surface area contributed by atoms with Crippen molar-refractivity contribution in [3.63, 3.8) is 0 Å². The molecule has 2 atom stereocenters. The number of para-hydroxylation sites is 1. The van der Waals surface area contributed by atoms with E-state index in [1.165, 1.54) is 37.7 Å². The summed E-state index contributed by atoms with van der Waals surface area (Å²) in [6, 6.07) is 10.2. The first-order chi connectivity index (χ1) is 9.78. The normalized spacial score (nSPS) is 30.2. The molecule has 2 bridgehead atoms. The minimum atomic E-state index is 0.424.